The molecular weight excluding hydrogens is 492 g/mol. The minimum absolute atomic E-state index is 0.0314. The van der Waals surface area contributed by atoms with Gasteiger partial charge in [-0.25, -0.2) is 4.79 Å². The number of aromatic nitrogens is 2. The van der Waals surface area contributed by atoms with Crippen LogP contribution in [0.15, 0.2) is 42.6 Å². The van der Waals surface area contributed by atoms with Crippen molar-refractivity contribution in [2.75, 3.05) is 26.2 Å². The smallest absolute Gasteiger partial charge is 0.318 e. The molecule has 204 valence electrons. The highest BCUT2D eigenvalue weighted by Crippen LogP contribution is 2.39. The van der Waals surface area contributed by atoms with Crippen LogP contribution in [0.5, 0.6) is 0 Å². The number of carbonyl (C=O) groups excluding carboxylic acids is 3. The lowest BCUT2D eigenvalue weighted by atomic mass is 9.69. The molecule has 1 aromatic heterocycles. The molecule has 1 unspecified atom stereocenters. The first-order chi connectivity index (χ1) is 18.6. The predicted molar refractivity (Wildman–Crippen MR) is 148 cm³/mol. The van der Waals surface area contributed by atoms with Gasteiger partial charge in [0.2, 0.25) is 5.91 Å². The van der Waals surface area contributed by atoms with Crippen LogP contribution in [0.3, 0.4) is 0 Å². The van der Waals surface area contributed by atoms with Gasteiger partial charge in [0.15, 0.2) is 0 Å². The highest BCUT2D eigenvalue weighted by molar-refractivity contribution is 5.97. The van der Waals surface area contributed by atoms with Gasteiger partial charge in [0.25, 0.3) is 5.91 Å². The second kappa shape index (κ2) is 9.39. The number of H-pyrrole nitrogens is 1. The van der Waals surface area contributed by atoms with Crippen LogP contribution in [0.2, 0.25) is 0 Å². The second-order valence-corrected chi connectivity index (χ2v) is 12.5. The Morgan fingerprint density at radius 3 is 2.67 bits per heavy atom. The summed E-state index contributed by atoms with van der Waals surface area (Å²) in [7, 11) is 0. The van der Waals surface area contributed by atoms with Gasteiger partial charge in [-0.15, -0.1) is 0 Å². The Hall–Kier alpha value is -3.88. The highest BCUT2D eigenvalue weighted by Gasteiger charge is 2.43. The SMILES string of the molecule is CC(C)(C)CN1Cc2c(ccc3[nH]ncc23)CC(NC(=O)N2CCC3(CC2)CNC(=O)c2ccccc23)C1=O. The molecule has 0 aliphatic carbocycles. The van der Waals surface area contributed by atoms with Crippen LogP contribution >= 0.6 is 0 Å². The molecule has 1 atom stereocenters. The molecule has 1 saturated heterocycles. The Morgan fingerprint density at radius 1 is 1.13 bits per heavy atom. The summed E-state index contributed by atoms with van der Waals surface area (Å²) in [6, 6.07) is 11.0. The molecule has 39 heavy (non-hydrogen) atoms. The van der Waals surface area contributed by atoms with Crippen molar-refractivity contribution in [3.8, 4) is 0 Å². The van der Waals surface area contributed by atoms with Gasteiger partial charge in [-0.05, 0) is 47.1 Å². The Kier molecular flexibility index (Phi) is 6.12. The summed E-state index contributed by atoms with van der Waals surface area (Å²) in [5.74, 6) is -0.0837. The zero-order valence-corrected chi connectivity index (χ0v) is 22.8. The van der Waals surface area contributed by atoms with Gasteiger partial charge >= 0.3 is 6.03 Å². The number of fused-ring (bicyclic) bond motifs is 5. The number of hydrogen-bond donors (Lipinski definition) is 3. The Balaban J connectivity index is 1.21. The van der Waals surface area contributed by atoms with E-state index in [0.717, 1.165) is 46.0 Å². The molecule has 1 spiro atoms. The van der Waals surface area contributed by atoms with E-state index in [2.05, 4.69) is 41.6 Å². The quantitative estimate of drug-likeness (QED) is 0.474. The lowest BCUT2D eigenvalue weighted by Crippen LogP contribution is -2.57. The first-order valence-electron chi connectivity index (χ1n) is 13.8. The number of hydrogen-bond acceptors (Lipinski definition) is 4. The maximum Gasteiger partial charge on any atom is 0.318 e. The fraction of sp³-hybridized carbons (Fsp3) is 0.467. The number of amides is 4. The molecule has 3 aromatic rings. The summed E-state index contributed by atoms with van der Waals surface area (Å²) in [5.41, 5.74) is 4.65. The summed E-state index contributed by atoms with van der Waals surface area (Å²) in [6.45, 7) is 9.15. The molecule has 4 heterocycles. The first kappa shape index (κ1) is 25.4. The zero-order valence-electron chi connectivity index (χ0n) is 22.8. The lowest BCUT2D eigenvalue weighted by molar-refractivity contribution is -0.134. The molecule has 3 N–H and O–H groups in total. The van der Waals surface area contributed by atoms with E-state index in [0.29, 0.717) is 39.1 Å². The van der Waals surface area contributed by atoms with Gasteiger partial charge < -0.3 is 20.4 Å². The first-order valence-corrected chi connectivity index (χ1v) is 13.8. The number of nitrogens with one attached hydrogen (secondary N) is 3. The molecule has 4 amide bonds. The fourth-order valence-electron chi connectivity index (χ4n) is 6.52. The van der Waals surface area contributed by atoms with Crippen molar-refractivity contribution >= 4 is 28.7 Å². The van der Waals surface area contributed by atoms with Crippen LogP contribution in [0.1, 0.15) is 60.7 Å². The molecule has 0 bridgehead atoms. The van der Waals surface area contributed by atoms with Crippen molar-refractivity contribution in [3.63, 3.8) is 0 Å². The maximum atomic E-state index is 13.8. The molecule has 3 aliphatic heterocycles. The Morgan fingerprint density at radius 2 is 1.90 bits per heavy atom. The molecule has 0 saturated carbocycles. The van der Waals surface area contributed by atoms with Crippen molar-refractivity contribution in [2.24, 2.45) is 5.41 Å². The van der Waals surface area contributed by atoms with Gasteiger partial charge in [0, 0.05) is 55.5 Å². The summed E-state index contributed by atoms with van der Waals surface area (Å²) in [5, 5.41) is 14.4. The van der Waals surface area contributed by atoms with Crippen LogP contribution in [-0.4, -0.2) is 70.1 Å². The highest BCUT2D eigenvalue weighted by atomic mass is 16.2. The maximum absolute atomic E-state index is 13.8. The summed E-state index contributed by atoms with van der Waals surface area (Å²) >= 11 is 0. The van der Waals surface area contributed by atoms with Crippen molar-refractivity contribution in [1.29, 1.82) is 0 Å². The number of rotatable bonds is 2. The number of nitrogens with zero attached hydrogens (tertiary/aromatic N) is 3. The van der Waals surface area contributed by atoms with Crippen LogP contribution in [0, 0.1) is 5.41 Å². The number of benzene rings is 2. The third-order valence-corrected chi connectivity index (χ3v) is 8.52. The van der Waals surface area contributed by atoms with E-state index in [9.17, 15) is 14.4 Å². The van der Waals surface area contributed by atoms with Gasteiger partial charge in [-0.1, -0.05) is 45.0 Å². The fourth-order valence-corrected chi connectivity index (χ4v) is 6.52. The van der Waals surface area contributed by atoms with Gasteiger partial charge in [0.1, 0.15) is 6.04 Å². The van der Waals surface area contributed by atoms with E-state index in [1.54, 1.807) is 0 Å². The molecule has 9 nitrogen and oxygen atoms in total. The average molecular weight is 529 g/mol. The molecule has 0 radical (unpaired) electrons. The topological polar surface area (TPSA) is 110 Å². The monoisotopic (exact) mass is 528 g/mol. The molecule has 9 heteroatoms. The van der Waals surface area contributed by atoms with Crippen LogP contribution < -0.4 is 10.6 Å². The minimum atomic E-state index is -0.643. The van der Waals surface area contributed by atoms with E-state index in [1.807, 2.05) is 52.4 Å². The van der Waals surface area contributed by atoms with E-state index in [4.69, 9.17) is 0 Å². The van der Waals surface area contributed by atoms with Gasteiger partial charge in [-0.3, -0.25) is 14.7 Å². The number of aromatic amines is 1. The normalized spacial score (nSPS) is 20.8. The van der Waals surface area contributed by atoms with Crippen LogP contribution in [-0.2, 0) is 23.2 Å². The van der Waals surface area contributed by atoms with E-state index < -0.39 is 6.04 Å². The van der Waals surface area contributed by atoms with Crippen molar-refractivity contribution in [2.45, 2.75) is 58.0 Å². The number of likely N-dealkylation sites (tertiary alicyclic amines) is 1. The van der Waals surface area contributed by atoms with Gasteiger partial charge in [0.05, 0.1) is 11.7 Å². The van der Waals surface area contributed by atoms with E-state index >= 15 is 0 Å². The number of urea groups is 1. The summed E-state index contributed by atoms with van der Waals surface area (Å²) < 4.78 is 0. The Labute approximate surface area is 228 Å². The van der Waals surface area contributed by atoms with E-state index in [1.165, 1.54) is 0 Å². The molecule has 3 aliphatic rings. The molecular formula is C30H36N6O3. The van der Waals surface area contributed by atoms with Crippen LogP contribution in [0.25, 0.3) is 10.9 Å². The van der Waals surface area contributed by atoms with Crippen LogP contribution in [0.4, 0.5) is 4.79 Å². The predicted octanol–water partition coefficient (Wildman–Crippen LogP) is 3.35. The third-order valence-electron chi connectivity index (χ3n) is 8.52. The van der Waals surface area contributed by atoms with Gasteiger partial charge in [-0.2, -0.15) is 5.10 Å². The summed E-state index contributed by atoms with van der Waals surface area (Å²) in [4.78, 5) is 43.4. The van der Waals surface area contributed by atoms with Crippen molar-refractivity contribution in [1.82, 2.24) is 30.6 Å². The largest absolute Gasteiger partial charge is 0.351 e. The molecule has 2 aromatic carbocycles. The second-order valence-electron chi connectivity index (χ2n) is 12.5. The third kappa shape index (κ3) is 4.64. The van der Waals surface area contributed by atoms with Crippen molar-refractivity contribution in [3.05, 3.63) is 64.8 Å². The Bertz CT molecular complexity index is 1450. The lowest BCUT2D eigenvalue weighted by Gasteiger charge is -2.45. The zero-order chi connectivity index (χ0) is 27.4. The van der Waals surface area contributed by atoms with Crippen molar-refractivity contribution < 1.29 is 14.4 Å². The van der Waals surface area contributed by atoms with E-state index in [-0.39, 0.29) is 28.7 Å². The number of piperidine rings is 1. The molecule has 1 fully saturated rings. The minimum Gasteiger partial charge on any atom is -0.351 e. The average Bonchev–Trinajstić information content (AvgIpc) is 3.35. The summed E-state index contributed by atoms with van der Waals surface area (Å²) in [6.07, 6.45) is 3.78. The number of carbonyl (C=O) groups is 3. The molecule has 6 rings (SSSR count). The standard InChI is InChI=1S/C30H36N6O3/c1-29(2,3)18-36-16-22-19(8-9-24-21(22)15-32-34-24)14-25(27(36)38)33-28(39)35-12-10-30(11-13-35)17-31-26(37)20-6-4-5-7-23(20)30/h4-9,15,25H,10-14,16-18H2,1-3H3,(H,31,37)(H,32,34)(H,33,39).